The molecule has 2 rings (SSSR count). The summed E-state index contributed by atoms with van der Waals surface area (Å²) in [5.74, 6) is 1.34. The monoisotopic (exact) mass is 246 g/mol. The maximum atomic E-state index is 5.08. The van der Waals surface area contributed by atoms with Crippen LogP contribution < -0.4 is 14.8 Å². The maximum Gasteiger partial charge on any atom is 0.279 e. The van der Waals surface area contributed by atoms with Crippen LogP contribution >= 0.6 is 0 Å². The summed E-state index contributed by atoms with van der Waals surface area (Å²) in [7, 11) is 3.05. The van der Waals surface area contributed by atoms with Crippen molar-refractivity contribution in [2.45, 2.75) is 6.54 Å². The van der Waals surface area contributed by atoms with Gasteiger partial charge in [0, 0.05) is 18.9 Å². The van der Waals surface area contributed by atoms with E-state index in [-0.39, 0.29) is 0 Å². The molecule has 0 unspecified atom stereocenters. The number of ether oxygens (including phenoxy) is 2. The molecule has 0 saturated heterocycles. The molecule has 6 heteroatoms. The number of anilines is 1. The van der Waals surface area contributed by atoms with Gasteiger partial charge in [-0.2, -0.15) is 4.98 Å². The Labute approximate surface area is 105 Å². The first-order valence-electron chi connectivity index (χ1n) is 5.41. The van der Waals surface area contributed by atoms with Gasteiger partial charge in [0.1, 0.15) is 5.82 Å². The van der Waals surface area contributed by atoms with Crippen molar-refractivity contribution in [3.8, 4) is 11.8 Å². The molecule has 94 valence electrons. The standard InChI is InChI=1S/C12H14N4O2/c1-17-11-12(18-2)16-10(8-15-11)14-7-9-4-3-5-13-6-9/h3-6,8H,7H2,1-2H3,(H,14,16). The Hall–Kier alpha value is -2.37. The van der Waals surface area contributed by atoms with E-state index in [2.05, 4.69) is 20.3 Å². The second-order valence-electron chi connectivity index (χ2n) is 3.49. The van der Waals surface area contributed by atoms with Crippen LogP contribution in [0.1, 0.15) is 5.56 Å². The van der Waals surface area contributed by atoms with E-state index in [1.165, 1.54) is 14.2 Å². The van der Waals surface area contributed by atoms with Gasteiger partial charge in [0.15, 0.2) is 0 Å². The minimum Gasteiger partial charge on any atom is -0.477 e. The fourth-order valence-electron chi connectivity index (χ4n) is 1.41. The minimum absolute atomic E-state index is 0.355. The lowest BCUT2D eigenvalue weighted by Gasteiger charge is -2.08. The predicted octanol–water partition coefficient (Wildman–Crippen LogP) is 1.50. The number of nitrogens with one attached hydrogen (secondary N) is 1. The number of pyridine rings is 1. The third-order valence-electron chi connectivity index (χ3n) is 2.29. The van der Waals surface area contributed by atoms with Gasteiger partial charge in [-0.1, -0.05) is 6.07 Å². The van der Waals surface area contributed by atoms with Gasteiger partial charge < -0.3 is 14.8 Å². The number of nitrogens with zero attached hydrogens (tertiary/aromatic N) is 3. The van der Waals surface area contributed by atoms with Crippen molar-refractivity contribution in [3.63, 3.8) is 0 Å². The highest BCUT2D eigenvalue weighted by atomic mass is 16.5. The van der Waals surface area contributed by atoms with Crippen molar-refractivity contribution in [1.29, 1.82) is 0 Å². The smallest absolute Gasteiger partial charge is 0.279 e. The van der Waals surface area contributed by atoms with Gasteiger partial charge >= 0.3 is 0 Å². The Bertz CT molecular complexity index is 505. The Morgan fingerprint density at radius 3 is 2.67 bits per heavy atom. The van der Waals surface area contributed by atoms with Gasteiger partial charge in [0.25, 0.3) is 11.8 Å². The number of hydrogen-bond acceptors (Lipinski definition) is 6. The Morgan fingerprint density at radius 1 is 1.17 bits per heavy atom. The van der Waals surface area contributed by atoms with Gasteiger partial charge in [-0.3, -0.25) is 4.98 Å². The molecule has 1 N–H and O–H groups in total. The van der Waals surface area contributed by atoms with Gasteiger partial charge in [-0.05, 0) is 11.6 Å². The van der Waals surface area contributed by atoms with Crippen LogP contribution in [0, 0.1) is 0 Å². The summed E-state index contributed by atoms with van der Waals surface area (Å²) >= 11 is 0. The molecular formula is C12H14N4O2. The molecule has 2 heterocycles. The zero-order valence-corrected chi connectivity index (χ0v) is 10.3. The molecule has 0 aromatic carbocycles. The molecule has 18 heavy (non-hydrogen) atoms. The summed E-state index contributed by atoms with van der Waals surface area (Å²) in [6.45, 7) is 0.623. The lowest BCUT2D eigenvalue weighted by molar-refractivity contribution is 0.332. The number of hydrogen-bond donors (Lipinski definition) is 1. The van der Waals surface area contributed by atoms with E-state index in [9.17, 15) is 0 Å². The van der Waals surface area contributed by atoms with Crippen LogP contribution in [0.25, 0.3) is 0 Å². The highest BCUT2D eigenvalue weighted by Gasteiger charge is 2.07. The molecule has 0 aliphatic heterocycles. The highest BCUT2D eigenvalue weighted by molar-refractivity contribution is 5.39. The van der Waals surface area contributed by atoms with Crippen molar-refractivity contribution in [3.05, 3.63) is 36.3 Å². The summed E-state index contributed by atoms with van der Waals surface area (Å²) in [6.07, 6.45) is 5.12. The molecule has 0 bridgehead atoms. The zero-order valence-electron chi connectivity index (χ0n) is 10.3. The molecule has 0 atom stereocenters. The van der Waals surface area contributed by atoms with Crippen molar-refractivity contribution in [2.24, 2.45) is 0 Å². The molecular weight excluding hydrogens is 232 g/mol. The molecule has 0 radical (unpaired) electrons. The van der Waals surface area contributed by atoms with Crippen LogP contribution in [0.5, 0.6) is 11.8 Å². The normalized spacial score (nSPS) is 9.89. The van der Waals surface area contributed by atoms with Gasteiger partial charge in [0.05, 0.1) is 20.4 Å². The SMILES string of the molecule is COc1ncc(NCc2cccnc2)nc1OC. The van der Waals surface area contributed by atoms with E-state index < -0.39 is 0 Å². The van der Waals surface area contributed by atoms with Crippen LogP contribution in [0.15, 0.2) is 30.7 Å². The Balaban J connectivity index is 2.06. The van der Waals surface area contributed by atoms with Crippen molar-refractivity contribution in [2.75, 3.05) is 19.5 Å². The van der Waals surface area contributed by atoms with Crippen molar-refractivity contribution < 1.29 is 9.47 Å². The first-order chi connectivity index (χ1) is 8.83. The predicted molar refractivity (Wildman–Crippen MR) is 66.7 cm³/mol. The van der Waals surface area contributed by atoms with Crippen molar-refractivity contribution in [1.82, 2.24) is 15.0 Å². The molecule has 0 fully saturated rings. The first kappa shape index (κ1) is 12.1. The van der Waals surface area contributed by atoms with E-state index in [4.69, 9.17) is 9.47 Å². The van der Waals surface area contributed by atoms with Crippen LogP contribution in [0.4, 0.5) is 5.82 Å². The Kier molecular flexibility index (Phi) is 3.90. The van der Waals surface area contributed by atoms with E-state index in [1.54, 1.807) is 18.6 Å². The lowest BCUT2D eigenvalue weighted by Crippen LogP contribution is -2.04. The average Bonchev–Trinajstić information content (AvgIpc) is 2.45. The third-order valence-corrected chi connectivity index (χ3v) is 2.29. The van der Waals surface area contributed by atoms with E-state index in [0.29, 0.717) is 24.1 Å². The summed E-state index contributed by atoms with van der Waals surface area (Å²) in [6, 6.07) is 3.87. The molecule has 0 spiro atoms. The number of methoxy groups -OCH3 is 2. The number of aromatic nitrogens is 3. The van der Waals surface area contributed by atoms with Gasteiger partial charge in [0.2, 0.25) is 0 Å². The summed E-state index contributed by atoms with van der Waals surface area (Å²) in [5.41, 5.74) is 1.06. The second-order valence-corrected chi connectivity index (χ2v) is 3.49. The van der Waals surface area contributed by atoms with Crippen molar-refractivity contribution >= 4 is 5.82 Å². The van der Waals surface area contributed by atoms with E-state index in [0.717, 1.165) is 5.56 Å². The summed E-state index contributed by atoms with van der Waals surface area (Å²) in [5, 5.41) is 3.14. The van der Waals surface area contributed by atoms with E-state index >= 15 is 0 Å². The van der Waals surface area contributed by atoms with Gasteiger partial charge in [-0.15, -0.1) is 0 Å². The van der Waals surface area contributed by atoms with Crippen LogP contribution in [-0.2, 0) is 6.54 Å². The fourth-order valence-corrected chi connectivity index (χ4v) is 1.41. The average molecular weight is 246 g/mol. The molecule has 6 nitrogen and oxygen atoms in total. The zero-order chi connectivity index (χ0) is 12.8. The molecule has 0 aliphatic carbocycles. The highest BCUT2D eigenvalue weighted by Crippen LogP contribution is 2.22. The lowest BCUT2D eigenvalue weighted by atomic mass is 10.3. The molecule has 2 aromatic heterocycles. The van der Waals surface area contributed by atoms with E-state index in [1.807, 2.05) is 12.1 Å². The Morgan fingerprint density at radius 2 is 2.00 bits per heavy atom. The summed E-state index contributed by atoms with van der Waals surface area (Å²) in [4.78, 5) is 12.4. The quantitative estimate of drug-likeness (QED) is 0.862. The van der Waals surface area contributed by atoms with Crippen LogP contribution in [0.3, 0.4) is 0 Å². The second kappa shape index (κ2) is 5.81. The van der Waals surface area contributed by atoms with Gasteiger partial charge in [-0.25, -0.2) is 4.98 Å². The maximum absolute atomic E-state index is 5.08. The largest absolute Gasteiger partial charge is 0.477 e. The molecule has 0 aliphatic rings. The molecule has 0 saturated carbocycles. The topological polar surface area (TPSA) is 69.2 Å². The third kappa shape index (κ3) is 2.85. The van der Waals surface area contributed by atoms with Crippen LogP contribution in [0.2, 0.25) is 0 Å². The van der Waals surface area contributed by atoms with Crippen LogP contribution in [-0.4, -0.2) is 29.2 Å². The minimum atomic E-state index is 0.355. The number of rotatable bonds is 5. The molecule has 0 amide bonds. The first-order valence-corrected chi connectivity index (χ1v) is 5.41. The summed E-state index contributed by atoms with van der Waals surface area (Å²) < 4.78 is 10.1. The fraction of sp³-hybridized carbons (Fsp3) is 0.250. The molecule has 2 aromatic rings.